The van der Waals surface area contributed by atoms with Crippen LogP contribution in [0.2, 0.25) is 5.02 Å². The average molecular weight is 299 g/mol. The van der Waals surface area contributed by atoms with Crippen LogP contribution >= 0.6 is 23.4 Å². The lowest BCUT2D eigenvalue weighted by Crippen LogP contribution is -2.37. The van der Waals surface area contributed by atoms with Crippen molar-refractivity contribution >= 4 is 29.1 Å². The molecule has 1 aromatic carbocycles. The molecule has 0 bridgehead atoms. The van der Waals surface area contributed by atoms with Gasteiger partial charge in [0.05, 0.1) is 10.7 Å². The van der Waals surface area contributed by atoms with E-state index in [0.29, 0.717) is 6.04 Å². The molecule has 2 unspecified atom stereocenters. The Bertz CT molecular complexity index is 425. The van der Waals surface area contributed by atoms with Crippen molar-refractivity contribution in [3.8, 4) is 0 Å². The van der Waals surface area contributed by atoms with E-state index in [9.17, 15) is 0 Å². The quantitative estimate of drug-likeness (QED) is 0.906. The number of nitrogens with one attached hydrogen (secondary N) is 1. The van der Waals surface area contributed by atoms with E-state index in [2.05, 4.69) is 54.0 Å². The van der Waals surface area contributed by atoms with Crippen LogP contribution in [0, 0.1) is 0 Å². The zero-order valence-electron chi connectivity index (χ0n) is 11.9. The molecule has 2 nitrogen and oxygen atoms in total. The number of thioether (sulfide) groups is 1. The van der Waals surface area contributed by atoms with Gasteiger partial charge < -0.3 is 10.2 Å². The largest absolute Gasteiger partial charge is 0.368 e. The molecule has 0 spiro atoms. The van der Waals surface area contributed by atoms with Gasteiger partial charge in [-0.2, -0.15) is 11.8 Å². The van der Waals surface area contributed by atoms with Crippen LogP contribution in [0.15, 0.2) is 18.2 Å². The second-order valence-electron chi connectivity index (χ2n) is 5.07. The number of nitrogens with zero attached hydrogens (tertiary/aromatic N) is 1. The van der Waals surface area contributed by atoms with Gasteiger partial charge in [0, 0.05) is 30.1 Å². The van der Waals surface area contributed by atoms with Gasteiger partial charge in [-0.1, -0.05) is 24.6 Å². The Hall–Kier alpha value is -0.380. The summed E-state index contributed by atoms with van der Waals surface area (Å²) < 4.78 is 0. The minimum Gasteiger partial charge on any atom is -0.368 e. The summed E-state index contributed by atoms with van der Waals surface area (Å²) in [7, 11) is 1.97. The van der Waals surface area contributed by atoms with E-state index in [1.54, 1.807) is 0 Å². The van der Waals surface area contributed by atoms with Crippen LogP contribution in [0.25, 0.3) is 0 Å². The molecule has 1 aromatic rings. The maximum Gasteiger partial charge on any atom is 0.0642 e. The third kappa shape index (κ3) is 3.59. The number of rotatable bonds is 4. The molecule has 1 heterocycles. The Balaban J connectivity index is 2.16. The smallest absolute Gasteiger partial charge is 0.0642 e. The van der Waals surface area contributed by atoms with Crippen LogP contribution in [0.1, 0.15) is 31.9 Å². The Morgan fingerprint density at radius 1 is 1.53 bits per heavy atom. The predicted octanol–water partition coefficient (Wildman–Crippen LogP) is 3.95. The molecule has 106 valence electrons. The second kappa shape index (κ2) is 6.87. The van der Waals surface area contributed by atoms with Crippen LogP contribution in [-0.2, 0) is 0 Å². The minimum atomic E-state index is 0.340. The van der Waals surface area contributed by atoms with E-state index in [-0.39, 0.29) is 0 Å². The summed E-state index contributed by atoms with van der Waals surface area (Å²) in [6, 6.07) is 6.80. The van der Waals surface area contributed by atoms with Gasteiger partial charge in [-0.3, -0.25) is 0 Å². The highest BCUT2D eigenvalue weighted by atomic mass is 35.5. The van der Waals surface area contributed by atoms with Crippen LogP contribution in [0.4, 0.5) is 5.69 Å². The van der Waals surface area contributed by atoms with Crippen LogP contribution in [0.3, 0.4) is 0 Å². The van der Waals surface area contributed by atoms with Crippen molar-refractivity contribution in [1.82, 2.24) is 5.32 Å². The van der Waals surface area contributed by atoms with E-state index in [1.165, 1.54) is 23.4 Å². The molecule has 0 aliphatic carbocycles. The fourth-order valence-electron chi connectivity index (χ4n) is 2.40. The summed E-state index contributed by atoms with van der Waals surface area (Å²) in [5.74, 6) is 1.20. The highest BCUT2D eigenvalue weighted by Gasteiger charge is 2.21. The number of hydrogen-bond donors (Lipinski definition) is 1. The first-order valence-electron chi connectivity index (χ1n) is 6.99. The fourth-order valence-corrected chi connectivity index (χ4v) is 3.89. The molecule has 19 heavy (non-hydrogen) atoms. The summed E-state index contributed by atoms with van der Waals surface area (Å²) >= 11 is 8.56. The molecule has 1 N–H and O–H groups in total. The van der Waals surface area contributed by atoms with Crippen molar-refractivity contribution in [3.05, 3.63) is 28.8 Å². The fraction of sp³-hybridized carbons (Fsp3) is 0.600. The van der Waals surface area contributed by atoms with Crippen molar-refractivity contribution < 1.29 is 0 Å². The molecule has 2 rings (SSSR count). The number of halogens is 1. The molecule has 1 fully saturated rings. The van der Waals surface area contributed by atoms with Crippen LogP contribution in [0.5, 0.6) is 0 Å². The highest BCUT2D eigenvalue weighted by Crippen LogP contribution is 2.32. The third-order valence-electron chi connectivity index (χ3n) is 3.84. The van der Waals surface area contributed by atoms with E-state index in [1.807, 2.05) is 7.05 Å². The Kier molecular flexibility index (Phi) is 5.43. The summed E-state index contributed by atoms with van der Waals surface area (Å²) in [5, 5.41) is 4.86. The van der Waals surface area contributed by atoms with Gasteiger partial charge in [0.25, 0.3) is 0 Å². The average Bonchev–Trinajstić information content (AvgIpc) is 2.46. The first-order chi connectivity index (χ1) is 9.15. The Morgan fingerprint density at radius 2 is 2.32 bits per heavy atom. The molecule has 0 aromatic heterocycles. The Morgan fingerprint density at radius 3 is 2.95 bits per heavy atom. The lowest BCUT2D eigenvalue weighted by atomic mass is 10.1. The molecule has 1 saturated heterocycles. The zero-order valence-corrected chi connectivity index (χ0v) is 13.5. The van der Waals surface area contributed by atoms with Gasteiger partial charge in [0.2, 0.25) is 0 Å². The van der Waals surface area contributed by atoms with E-state index >= 15 is 0 Å². The monoisotopic (exact) mass is 298 g/mol. The van der Waals surface area contributed by atoms with Crippen molar-refractivity contribution in [2.45, 2.75) is 31.6 Å². The van der Waals surface area contributed by atoms with E-state index < -0.39 is 0 Å². The zero-order chi connectivity index (χ0) is 13.8. The van der Waals surface area contributed by atoms with Gasteiger partial charge >= 0.3 is 0 Å². The molecule has 1 aliphatic heterocycles. The van der Waals surface area contributed by atoms with Crippen molar-refractivity contribution in [3.63, 3.8) is 0 Å². The lowest BCUT2D eigenvalue weighted by molar-refractivity contribution is 0.652. The minimum absolute atomic E-state index is 0.340. The third-order valence-corrected chi connectivity index (χ3v) is 5.51. The van der Waals surface area contributed by atoms with Gasteiger partial charge in [-0.15, -0.1) is 0 Å². The molecule has 1 aliphatic rings. The van der Waals surface area contributed by atoms with Crippen LogP contribution < -0.4 is 10.2 Å². The van der Waals surface area contributed by atoms with Gasteiger partial charge in [-0.05, 0) is 38.1 Å². The van der Waals surface area contributed by atoms with Gasteiger partial charge in [0.15, 0.2) is 0 Å². The highest BCUT2D eigenvalue weighted by molar-refractivity contribution is 8.00. The molecule has 4 heteroatoms. The van der Waals surface area contributed by atoms with Crippen LogP contribution in [-0.4, -0.2) is 31.1 Å². The van der Waals surface area contributed by atoms with Crippen molar-refractivity contribution in [1.29, 1.82) is 0 Å². The standard InChI is InChI=1S/C15H23ClN2S/c1-4-13-10-18(7-8-19-13)15-6-5-12(9-14(15)16)11(2)17-3/h5-6,9,11,13,17H,4,7-8,10H2,1-3H3. The maximum absolute atomic E-state index is 6.48. The predicted molar refractivity (Wildman–Crippen MR) is 87.7 cm³/mol. The second-order valence-corrected chi connectivity index (χ2v) is 6.88. The maximum atomic E-state index is 6.48. The summed E-state index contributed by atoms with van der Waals surface area (Å²) in [5.41, 5.74) is 2.43. The Labute approximate surface area is 125 Å². The molecule has 0 saturated carbocycles. The van der Waals surface area contributed by atoms with Gasteiger partial charge in [-0.25, -0.2) is 0 Å². The van der Waals surface area contributed by atoms with Crippen molar-refractivity contribution in [2.75, 3.05) is 30.8 Å². The van der Waals surface area contributed by atoms with Crippen molar-refractivity contribution in [2.24, 2.45) is 0 Å². The number of anilines is 1. The lowest BCUT2D eigenvalue weighted by Gasteiger charge is -2.34. The molecular weight excluding hydrogens is 276 g/mol. The van der Waals surface area contributed by atoms with E-state index in [0.717, 1.165) is 23.4 Å². The molecule has 0 amide bonds. The number of benzene rings is 1. The molecule has 0 radical (unpaired) electrons. The topological polar surface area (TPSA) is 15.3 Å². The summed E-state index contributed by atoms with van der Waals surface area (Å²) in [6.45, 7) is 6.63. The van der Waals surface area contributed by atoms with E-state index in [4.69, 9.17) is 11.6 Å². The summed E-state index contributed by atoms with van der Waals surface area (Å²) in [6.07, 6.45) is 1.23. The first kappa shape index (κ1) is 15.0. The number of hydrogen-bond acceptors (Lipinski definition) is 3. The SMILES string of the molecule is CCC1CN(c2ccc(C(C)NC)cc2Cl)CCS1. The summed E-state index contributed by atoms with van der Waals surface area (Å²) in [4.78, 5) is 2.43. The normalized spacial score (nSPS) is 21.5. The molecule has 2 atom stereocenters. The molecular formula is C15H23ClN2S. The van der Waals surface area contributed by atoms with Gasteiger partial charge in [0.1, 0.15) is 0 Å². The first-order valence-corrected chi connectivity index (χ1v) is 8.41.